The Morgan fingerprint density at radius 3 is 2.62 bits per heavy atom. The van der Waals surface area contributed by atoms with Gasteiger partial charge in [0.1, 0.15) is 5.69 Å². The average molecular weight is 306 g/mol. The van der Waals surface area contributed by atoms with Crippen molar-refractivity contribution in [3.8, 4) is 0 Å². The summed E-state index contributed by atoms with van der Waals surface area (Å²) in [6, 6.07) is 3.49. The molecule has 0 aliphatic rings. The zero-order valence-electron chi connectivity index (χ0n) is 11.1. The average Bonchev–Trinajstić information content (AvgIpc) is 2.41. The maximum atomic E-state index is 12.0. The lowest BCUT2D eigenvalue weighted by Gasteiger charge is -2.10. The van der Waals surface area contributed by atoms with Crippen molar-refractivity contribution >= 4 is 17.3 Å². The van der Waals surface area contributed by atoms with Gasteiger partial charge < -0.3 is 10.1 Å². The van der Waals surface area contributed by atoms with Crippen molar-refractivity contribution in [1.82, 2.24) is 0 Å². The number of nitrogens with zero attached hydrogens (tertiary/aromatic N) is 1. The molecule has 0 saturated heterocycles. The Kier molecular flexibility index (Phi) is 5.51. The lowest BCUT2D eigenvalue weighted by atomic mass is 10.1. The van der Waals surface area contributed by atoms with Gasteiger partial charge in [-0.15, -0.1) is 0 Å². The largest absolute Gasteiger partial charge is 0.465 e. The van der Waals surface area contributed by atoms with Crippen molar-refractivity contribution in [2.75, 3.05) is 19.0 Å². The molecule has 0 radical (unpaired) electrons. The first kappa shape index (κ1) is 16.7. The van der Waals surface area contributed by atoms with E-state index >= 15 is 0 Å². The molecule has 0 atom stereocenters. The Hall–Kier alpha value is -2.32. The molecule has 0 spiro atoms. The van der Waals surface area contributed by atoms with Crippen LogP contribution in [0.15, 0.2) is 18.2 Å². The van der Waals surface area contributed by atoms with E-state index in [-0.39, 0.29) is 29.9 Å². The summed E-state index contributed by atoms with van der Waals surface area (Å²) >= 11 is 0. The highest BCUT2D eigenvalue weighted by Gasteiger charge is 2.26. The minimum absolute atomic E-state index is 0.0231. The van der Waals surface area contributed by atoms with E-state index in [2.05, 4.69) is 10.1 Å². The smallest absolute Gasteiger partial charge is 0.389 e. The number of rotatable bonds is 6. The number of carbonyl (C=O) groups is 1. The highest BCUT2D eigenvalue weighted by Crippen LogP contribution is 2.26. The molecule has 0 amide bonds. The number of halogens is 3. The van der Waals surface area contributed by atoms with Gasteiger partial charge in [-0.2, -0.15) is 13.2 Å². The Bertz CT molecular complexity index is 532. The second-order valence-corrected chi connectivity index (χ2v) is 4.13. The molecule has 0 fully saturated rings. The highest BCUT2D eigenvalue weighted by atomic mass is 19.4. The summed E-state index contributed by atoms with van der Waals surface area (Å²) in [6.45, 7) is -0.106. The first-order valence-corrected chi connectivity index (χ1v) is 5.92. The Balaban J connectivity index is 2.82. The number of alkyl halides is 3. The van der Waals surface area contributed by atoms with Crippen LogP contribution >= 0.6 is 0 Å². The van der Waals surface area contributed by atoms with Gasteiger partial charge in [0.2, 0.25) is 0 Å². The number of nitrogens with one attached hydrogen (secondary N) is 1. The maximum absolute atomic E-state index is 12.0. The van der Waals surface area contributed by atoms with Crippen LogP contribution < -0.4 is 5.32 Å². The molecule has 0 heterocycles. The number of ether oxygens (including phenoxy) is 1. The lowest BCUT2D eigenvalue weighted by molar-refractivity contribution is -0.384. The third-order valence-electron chi connectivity index (χ3n) is 2.57. The summed E-state index contributed by atoms with van der Waals surface area (Å²) in [5, 5.41) is 13.4. The van der Waals surface area contributed by atoms with Crippen LogP contribution in [0, 0.1) is 10.1 Å². The van der Waals surface area contributed by atoms with Gasteiger partial charge in [0, 0.05) is 19.0 Å². The van der Waals surface area contributed by atoms with Gasteiger partial charge in [0.15, 0.2) is 0 Å². The number of hydrogen-bond donors (Lipinski definition) is 1. The van der Waals surface area contributed by atoms with Gasteiger partial charge >= 0.3 is 12.1 Å². The molecule has 1 aromatic rings. The fraction of sp³-hybridized carbons (Fsp3) is 0.417. The van der Waals surface area contributed by atoms with E-state index in [1.54, 1.807) is 0 Å². The third kappa shape index (κ3) is 5.28. The molecule has 6 nitrogen and oxygen atoms in total. The normalized spacial score (nSPS) is 11.0. The first-order chi connectivity index (χ1) is 9.74. The molecule has 0 aliphatic heterocycles. The zero-order chi connectivity index (χ0) is 16.0. The van der Waals surface area contributed by atoms with E-state index < -0.39 is 23.5 Å². The van der Waals surface area contributed by atoms with Crippen molar-refractivity contribution in [1.29, 1.82) is 0 Å². The number of nitro benzene ring substituents is 1. The van der Waals surface area contributed by atoms with Gasteiger partial charge in [-0.3, -0.25) is 10.1 Å². The highest BCUT2D eigenvalue weighted by molar-refractivity contribution is 5.91. The van der Waals surface area contributed by atoms with Crippen LogP contribution in [0.4, 0.5) is 24.5 Å². The molecule has 0 bridgehead atoms. The van der Waals surface area contributed by atoms with Crippen molar-refractivity contribution in [3.63, 3.8) is 0 Å². The number of benzene rings is 1. The van der Waals surface area contributed by atoms with Crippen molar-refractivity contribution in [2.45, 2.75) is 19.0 Å². The Morgan fingerprint density at radius 2 is 2.10 bits per heavy atom. The predicted molar refractivity (Wildman–Crippen MR) is 68.2 cm³/mol. The number of methoxy groups -OCH3 is 1. The van der Waals surface area contributed by atoms with E-state index in [1.165, 1.54) is 12.1 Å². The minimum atomic E-state index is -4.28. The molecule has 21 heavy (non-hydrogen) atoms. The fourth-order valence-electron chi connectivity index (χ4n) is 1.59. The van der Waals surface area contributed by atoms with Crippen LogP contribution in [0.3, 0.4) is 0 Å². The molecule has 1 rings (SSSR count). The molecule has 0 aromatic heterocycles. The molecule has 1 N–H and O–H groups in total. The lowest BCUT2D eigenvalue weighted by Crippen LogP contribution is -2.12. The monoisotopic (exact) mass is 306 g/mol. The van der Waals surface area contributed by atoms with E-state index in [9.17, 15) is 28.1 Å². The summed E-state index contributed by atoms with van der Waals surface area (Å²) in [7, 11) is 1.15. The van der Waals surface area contributed by atoms with E-state index in [0.29, 0.717) is 0 Å². The van der Waals surface area contributed by atoms with Gasteiger partial charge in [-0.25, -0.2) is 4.79 Å². The topological polar surface area (TPSA) is 81.5 Å². The number of esters is 1. The van der Waals surface area contributed by atoms with Gasteiger partial charge in [0.05, 0.1) is 17.6 Å². The standard InChI is InChI=1S/C12H13F3N2O4/c1-21-11(18)8-3-4-10(17(19)20)9(7-8)16-6-2-5-12(13,14)15/h3-4,7,16H,2,5-6H2,1H3. The van der Waals surface area contributed by atoms with Crippen molar-refractivity contribution in [2.24, 2.45) is 0 Å². The Morgan fingerprint density at radius 1 is 1.43 bits per heavy atom. The van der Waals surface area contributed by atoms with Crippen LogP contribution in [0.5, 0.6) is 0 Å². The molecule has 0 saturated carbocycles. The quantitative estimate of drug-likeness (QED) is 0.378. The third-order valence-corrected chi connectivity index (χ3v) is 2.57. The second-order valence-electron chi connectivity index (χ2n) is 4.13. The number of anilines is 1. The molecule has 0 unspecified atom stereocenters. The van der Waals surface area contributed by atoms with Crippen molar-refractivity contribution in [3.05, 3.63) is 33.9 Å². The number of hydrogen-bond acceptors (Lipinski definition) is 5. The summed E-state index contributed by atoms with van der Waals surface area (Å²) < 4.78 is 40.5. The molecular weight excluding hydrogens is 293 g/mol. The minimum Gasteiger partial charge on any atom is -0.465 e. The van der Waals surface area contributed by atoms with Crippen LogP contribution in [-0.2, 0) is 4.74 Å². The van der Waals surface area contributed by atoms with Gasteiger partial charge in [-0.1, -0.05) is 0 Å². The number of carbonyl (C=O) groups excluding carboxylic acids is 1. The van der Waals surface area contributed by atoms with Crippen LogP contribution in [0.1, 0.15) is 23.2 Å². The molecule has 9 heteroatoms. The summed E-state index contributed by atoms with van der Waals surface area (Å²) in [5.74, 6) is -0.691. The zero-order valence-corrected chi connectivity index (χ0v) is 11.1. The summed E-state index contributed by atoms with van der Waals surface area (Å²) in [5.41, 5.74) is -0.277. The maximum Gasteiger partial charge on any atom is 0.389 e. The first-order valence-electron chi connectivity index (χ1n) is 5.92. The van der Waals surface area contributed by atoms with E-state index in [4.69, 9.17) is 0 Å². The van der Waals surface area contributed by atoms with Gasteiger partial charge in [-0.05, 0) is 18.6 Å². The predicted octanol–water partition coefficient (Wildman–Crippen LogP) is 3.14. The summed E-state index contributed by atoms with van der Waals surface area (Å²) in [4.78, 5) is 21.5. The SMILES string of the molecule is COC(=O)c1ccc([N+](=O)[O-])c(NCCCC(F)(F)F)c1. The van der Waals surface area contributed by atoms with Crippen molar-refractivity contribution < 1.29 is 27.6 Å². The van der Waals surface area contributed by atoms with Crippen LogP contribution in [0.25, 0.3) is 0 Å². The van der Waals surface area contributed by atoms with E-state index in [0.717, 1.165) is 13.2 Å². The van der Waals surface area contributed by atoms with Crippen LogP contribution in [-0.4, -0.2) is 30.7 Å². The van der Waals surface area contributed by atoms with Gasteiger partial charge in [0.25, 0.3) is 5.69 Å². The van der Waals surface area contributed by atoms with E-state index in [1.807, 2.05) is 0 Å². The number of nitro groups is 1. The molecule has 1 aromatic carbocycles. The fourth-order valence-corrected chi connectivity index (χ4v) is 1.59. The molecule has 0 aliphatic carbocycles. The summed E-state index contributed by atoms with van der Waals surface area (Å²) in [6.07, 6.45) is -5.50. The second kappa shape index (κ2) is 6.91. The molecular formula is C12H13F3N2O4. The Labute approximate surface area is 118 Å². The van der Waals surface area contributed by atoms with Crippen LogP contribution in [0.2, 0.25) is 0 Å². The molecule has 116 valence electrons.